The summed E-state index contributed by atoms with van der Waals surface area (Å²) < 4.78 is 32.4. The highest BCUT2D eigenvalue weighted by molar-refractivity contribution is 7.90. The third-order valence-corrected chi connectivity index (χ3v) is 6.87. The number of ether oxygens (including phenoxy) is 1. The summed E-state index contributed by atoms with van der Waals surface area (Å²) in [5, 5.41) is -0.233. The molecule has 0 bridgehead atoms. The Balaban J connectivity index is 1.74. The quantitative estimate of drug-likeness (QED) is 0.736. The largest absolute Gasteiger partial charge is 0.496 e. The molecule has 2 aliphatic rings. The molecule has 0 radical (unpaired) electrons. The van der Waals surface area contributed by atoms with E-state index in [0.717, 1.165) is 12.8 Å². The lowest BCUT2D eigenvalue weighted by molar-refractivity contribution is 0.0693. The van der Waals surface area contributed by atoms with Crippen molar-refractivity contribution >= 4 is 15.9 Å². The first-order chi connectivity index (χ1) is 11.3. The fourth-order valence-electron chi connectivity index (χ4n) is 2.83. The van der Waals surface area contributed by atoms with Crippen molar-refractivity contribution in [3.05, 3.63) is 28.2 Å². The minimum Gasteiger partial charge on any atom is -0.496 e. The van der Waals surface area contributed by atoms with Gasteiger partial charge in [-0.25, -0.2) is 8.42 Å². The molecule has 2 heterocycles. The van der Waals surface area contributed by atoms with Crippen LogP contribution in [0.5, 0.6) is 5.75 Å². The average molecular weight is 355 g/mol. The molecule has 8 nitrogen and oxygen atoms in total. The molecule has 3 rings (SSSR count). The Labute approximate surface area is 140 Å². The lowest BCUT2D eigenvalue weighted by atomic mass is 10.2. The predicted octanol–water partition coefficient (Wildman–Crippen LogP) is -0.356. The van der Waals surface area contributed by atoms with Gasteiger partial charge in [0.15, 0.2) is 0 Å². The first-order valence-electron chi connectivity index (χ1n) is 7.87. The number of sulfonamides is 1. The van der Waals surface area contributed by atoms with Crippen molar-refractivity contribution in [3.8, 4) is 5.75 Å². The number of pyridine rings is 1. The first kappa shape index (κ1) is 17.0. The van der Waals surface area contributed by atoms with Crippen LogP contribution < -0.4 is 10.3 Å². The molecule has 0 aromatic carbocycles. The van der Waals surface area contributed by atoms with E-state index >= 15 is 0 Å². The van der Waals surface area contributed by atoms with Gasteiger partial charge in [-0.15, -0.1) is 0 Å². The highest BCUT2D eigenvalue weighted by atomic mass is 32.2. The predicted molar refractivity (Wildman–Crippen MR) is 87.7 cm³/mol. The minimum absolute atomic E-state index is 0.233. The number of nitrogens with zero attached hydrogens (tertiary/aromatic N) is 3. The Morgan fingerprint density at radius 2 is 1.83 bits per heavy atom. The summed E-state index contributed by atoms with van der Waals surface area (Å²) in [5.74, 6) is -0.0259. The molecule has 1 amide bonds. The van der Waals surface area contributed by atoms with E-state index in [9.17, 15) is 18.0 Å². The zero-order valence-electron chi connectivity index (χ0n) is 13.8. The van der Waals surface area contributed by atoms with Gasteiger partial charge in [-0.3, -0.25) is 9.59 Å². The Hall–Kier alpha value is -1.87. The number of hydrogen-bond acceptors (Lipinski definition) is 5. The molecule has 1 saturated heterocycles. The van der Waals surface area contributed by atoms with Gasteiger partial charge in [-0.2, -0.15) is 4.31 Å². The molecule has 2 fully saturated rings. The van der Waals surface area contributed by atoms with Crippen LogP contribution in [-0.2, 0) is 17.1 Å². The molecule has 24 heavy (non-hydrogen) atoms. The fraction of sp³-hybridized carbons (Fsp3) is 0.600. The maximum atomic E-state index is 12.7. The second-order valence-electron chi connectivity index (χ2n) is 6.14. The summed E-state index contributed by atoms with van der Waals surface area (Å²) in [5.41, 5.74) is 0.0434. The van der Waals surface area contributed by atoms with Gasteiger partial charge in [-0.1, -0.05) is 0 Å². The number of rotatable bonds is 4. The molecule has 1 aliphatic carbocycles. The molecular weight excluding hydrogens is 334 g/mol. The van der Waals surface area contributed by atoms with E-state index in [4.69, 9.17) is 4.74 Å². The van der Waals surface area contributed by atoms with Gasteiger partial charge in [-0.05, 0) is 12.8 Å². The summed E-state index contributed by atoms with van der Waals surface area (Å²) >= 11 is 0. The van der Waals surface area contributed by atoms with Crippen molar-refractivity contribution in [3.63, 3.8) is 0 Å². The average Bonchev–Trinajstić information content (AvgIpc) is 3.42. The Morgan fingerprint density at radius 1 is 1.21 bits per heavy atom. The molecule has 0 spiro atoms. The van der Waals surface area contributed by atoms with Crippen LogP contribution in [0, 0.1) is 0 Å². The normalized spacial score (nSPS) is 19.3. The van der Waals surface area contributed by atoms with E-state index in [1.54, 1.807) is 11.9 Å². The summed E-state index contributed by atoms with van der Waals surface area (Å²) in [6.07, 6.45) is 2.92. The highest BCUT2D eigenvalue weighted by Gasteiger charge is 2.41. The zero-order chi connectivity index (χ0) is 17.5. The van der Waals surface area contributed by atoms with E-state index in [1.165, 1.54) is 28.2 Å². The van der Waals surface area contributed by atoms with Crippen LogP contribution in [0.15, 0.2) is 17.1 Å². The summed E-state index contributed by atoms with van der Waals surface area (Å²) in [6, 6.07) is 1.28. The summed E-state index contributed by atoms with van der Waals surface area (Å²) in [7, 11) is -0.226. The van der Waals surface area contributed by atoms with Crippen molar-refractivity contribution in [1.29, 1.82) is 0 Å². The van der Waals surface area contributed by atoms with Crippen LogP contribution in [-0.4, -0.2) is 66.6 Å². The highest BCUT2D eigenvalue weighted by Crippen LogP contribution is 2.31. The van der Waals surface area contributed by atoms with Gasteiger partial charge in [0, 0.05) is 45.5 Å². The van der Waals surface area contributed by atoms with Crippen molar-refractivity contribution < 1.29 is 17.9 Å². The van der Waals surface area contributed by atoms with Crippen molar-refractivity contribution in [2.75, 3.05) is 33.3 Å². The molecule has 0 atom stereocenters. The lowest BCUT2D eigenvalue weighted by Crippen LogP contribution is -2.51. The topological polar surface area (TPSA) is 88.9 Å². The Bertz CT molecular complexity index is 805. The van der Waals surface area contributed by atoms with Crippen molar-refractivity contribution in [2.24, 2.45) is 7.05 Å². The number of hydrogen-bond donors (Lipinski definition) is 0. The number of piperazine rings is 1. The molecule has 1 saturated carbocycles. The standard InChI is InChI=1S/C15H21N3O5S/c1-16-10-12(13(23-2)9-14(16)19)15(20)17-5-7-18(8-6-17)24(21,22)11-3-4-11/h9-11H,3-8H2,1-2H3. The van der Waals surface area contributed by atoms with Gasteiger partial charge in [0.05, 0.1) is 17.9 Å². The molecule has 0 unspecified atom stereocenters. The summed E-state index contributed by atoms with van der Waals surface area (Å²) in [6.45, 7) is 1.27. The third-order valence-electron chi connectivity index (χ3n) is 4.47. The summed E-state index contributed by atoms with van der Waals surface area (Å²) in [4.78, 5) is 26.0. The van der Waals surface area contributed by atoms with Crippen LogP contribution in [0.1, 0.15) is 23.2 Å². The maximum Gasteiger partial charge on any atom is 0.259 e. The maximum absolute atomic E-state index is 12.7. The van der Waals surface area contributed by atoms with Gasteiger partial charge >= 0.3 is 0 Å². The lowest BCUT2D eigenvalue weighted by Gasteiger charge is -2.34. The smallest absolute Gasteiger partial charge is 0.259 e. The monoisotopic (exact) mass is 355 g/mol. The SMILES string of the molecule is COc1cc(=O)n(C)cc1C(=O)N1CCN(S(=O)(=O)C2CC2)CC1. The number of aryl methyl sites for hydroxylation is 1. The molecule has 1 aliphatic heterocycles. The fourth-order valence-corrected chi connectivity index (χ4v) is 4.66. The van der Waals surface area contributed by atoms with Crippen LogP contribution >= 0.6 is 0 Å². The van der Waals surface area contributed by atoms with E-state index in [2.05, 4.69) is 0 Å². The number of aromatic nitrogens is 1. The Morgan fingerprint density at radius 3 is 2.38 bits per heavy atom. The van der Waals surface area contributed by atoms with Crippen molar-refractivity contribution in [1.82, 2.24) is 13.8 Å². The van der Waals surface area contributed by atoms with Gasteiger partial charge in [0.1, 0.15) is 5.75 Å². The molecule has 1 aromatic heterocycles. The minimum atomic E-state index is -3.20. The van der Waals surface area contributed by atoms with Gasteiger partial charge in [0.2, 0.25) is 10.0 Å². The van der Waals surface area contributed by atoms with Gasteiger partial charge < -0.3 is 14.2 Å². The number of carbonyl (C=O) groups is 1. The second-order valence-corrected chi connectivity index (χ2v) is 8.35. The number of carbonyl (C=O) groups excluding carboxylic acids is 1. The molecule has 9 heteroatoms. The molecule has 132 valence electrons. The van der Waals surface area contributed by atoms with Crippen LogP contribution in [0.3, 0.4) is 0 Å². The van der Waals surface area contributed by atoms with Crippen molar-refractivity contribution in [2.45, 2.75) is 18.1 Å². The molecule has 0 N–H and O–H groups in total. The van der Waals surface area contributed by atoms with E-state index in [-0.39, 0.29) is 22.5 Å². The third kappa shape index (κ3) is 3.05. The van der Waals surface area contributed by atoms with E-state index < -0.39 is 10.0 Å². The van der Waals surface area contributed by atoms with E-state index in [0.29, 0.717) is 31.7 Å². The van der Waals surface area contributed by atoms with Crippen LogP contribution in [0.25, 0.3) is 0 Å². The molecular formula is C15H21N3O5S. The second kappa shape index (κ2) is 6.21. The van der Waals surface area contributed by atoms with Crippen LogP contribution in [0.2, 0.25) is 0 Å². The van der Waals surface area contributed by atoms with Gasteiger partial charge in [0.25, 0.3) is 11.5 Å². The molecule has 1 aromatic rings. The number of methoxy groups -OCH3 is 1. The number of amides is 1. The van der Waals surface area contributed by atoms with Crippen LogP contribution in [0.4, 0.5) is 0 Å². The first-order valence-corrected chi connectivity index (χ1v) is 9.38. The Kier molecular flexibility index (Phi) is 4.39. The zero-order valence-corrected chi connectivity index (χ0v) is 14.6. The van der Waals surface area contributed by atoms with E-state index in [1.807, 2.05) is 0 Å².